The van der Waals surface area contributed by atoms with Crippen LogP contribution in [0.4, 0.5) is 15.9 Å². The number of aromatic nitrogens is 2. The Hall–Kier alpha value is -3.43. The van der Waals surface area contributed by atoms with Crippen LogP contribution in [0.25, 0.3) is 0 Å². The van der Waals surface area contributed by atoms with Crippen LogP contribution < -0.4 is 21.9 Å². The average Bonchev–Trinajstić information content (AvgIpc) is 2.76. The highest BCUT2D eigenvalue weighted by atomic mass is 35.5. The van der Waals surface area contributed by atoms with E-state index < -0.39 is 23.0 Å². The number of anilines is 2. The summed E-state index contributed by atoms with van der Waals surface area (Å²) in [4.78, 5) is 41.9. The van der Waals surface area contributed by atoms with E-state index in [2.05, 4.69) is 4.98 Å². The molecule has 1 heterocycles. The zero-order valence-electron chi connectivity index (χ0n) is 17.3. The zero-order chi connectivity index (χ0) is 23.3. The Labute approximate surface area is 188 Å². The minimum atomic E-state index is -0.819. The van der Waals surface area contributed by atoms with Crippen molar-refractivity contribution in [1.82, 2.24) is 9.55 Å². The van der Waals surface area contributed by atoms with Crippen LogP contribution in [0.3, 0.4) is 0 Å². The number of carbonyl (C=O) groups excluding carboxylic acids is 1. The van der Waals surface area contributed by atoms with E-state index >= 15 is 0 Å². The van der Waals surface area contributed by atoms with Gasteiger partial charge in [-0.1, -0.05) is 41.9 Å². The number of nitrogens with zero attached hydrogens (tertiary/aromatic N) is 2. The molecule has 0 saturated carbocycles. The molecule has 0 spiro atoms. The predicted molar refractivity (Wildman–Crippen MR) is 121 cm³/mol. The molecule has 0 aliphatic carbocycles. The number of hydrogen-bond donors (Lipinski definition) is 2. The van der Waals surface area contributed by atoms with Gasteiger partial charge in [0.05, 0.1) is 17.1 Å². The Morgan fingerprint density at radius 1 is 1.22 bits per heavy atom. The van der Waals surface area contributed by atoms with Crippen LogP contribution in [-0.2, 0) is 11.3 Å². The van der Waals surface area contributed by atoms with E-state index in [-0.39, 0.29) is 35.2 Å². The number of nitrogen functional groups attached to an aromatic ring is 1. The topological polar surface area (TPSA) is 110 Å². The molecule has 0 atom stereocenters. The first kappa shape index (κ1) is 23.2. The Kier molecular flexibility index (Phi) is 7.45. The Bertz CT molecular complexity index is 1230. The Balaban J connectivity index is 2.11. The number of amides is 1. The average molecular weight is 461 g/mol. The van der Waals surface area contributed by atoms with Crippen LogP contribution in [0, 0.1) is 5.82 Å². The van der Waals surface area contributed by atoms with Gasteiger partial charge in [0.25, 0.3) is 11.5 Å². The van der Waals surface area contributed by atoms with Crippen molar-refractivity contribution in [3.8, 4) is 0 Å². The second kappa shape index (κ2) is 10.3. The predicted octanol–water partition coefficient (Wildman–Crippen LogP) is 2.64. The van der Waals surface area contributed by atoms with Gasteiger partial charge in [-0.25, -0.2) is 9.18 Å². The molecular formula is C22H22ClFN4O4. The number of nitrogens with one attached hydrogen (secondary N) is 1. The molecule has 0 unspecified atom stereocenters. The van der Waals surface area contributed by atoms with Gasteiger partial charge in [-0.3, -0.25) is 19.1 Å². The molecule has 0 aliphatic rings. The third-order valence-corrected chi connectivity index (χ3v) is 5.12. The lowest BCUT2D eigenvalue weighted by atomic mass is 10.1. The molecule has 0 bridgehead atoms. The Morgan fingerprint density at radius 3 is 2.59 bits per heavy atom. The SMILES string of the molecule is COCCCN(C(=O)c1ccc(F)cc1Cl)c1c(N)n(Cc2ccccc2)c(=O)[nH]c1=O. The number of carbonyl (C=O) groups is 1. The van der Waals surface area contributed by atoms with Gasteiger partial charge in [-0.05, 0) is 30.2 Å². The second-order valence-electron chi connectivity index (χ2n) is 6.99. The smallest absolute Gasteiger partial charge is 0.330 e. The van der Waals surface area contributed by atoms with Gasteiger partial charge in [0.1, 0.15) is 11.6 Å². The molecule has 3 aromatic rings. The maximum atomic E-state index is 13.5. The summed E-state index contributed by atoms with van der Waals surface area (Å²) in [5.74, 6) is -1.44. The summed E-state index contributed by atoms with van der Waals surface area (Å²) in [5, 5.41) is -0.112. The van der Waals surface area contributed by atoms with Crippen LogP contribution in [0.2, 0.25) is 5.02 Å². The number of H-pyrrole nitrogens is 1. The van der Waals surface area contributed by atoms with Crippen LogP contribution in [0.15, 0.2) is 58.1 Å². The third kappa shape index (κ3) is 5.06. The van der Waals surface area contributed by atoms with E-state index in [0.29, 0.717) is 13.0 Å². The van der Waals surface area contributed by atoms with Crippen LogP contribution in [0.5, 0.6) is 0 Å². The monoisotopic (exact) mass is 460 g/mol. The number of hydrogen-bond acceptors (Lipinski definition) is 5. The lowest BCUT2D eigenvalue weighted by Gasteiger charge is -2.25. The quantitative estimate of drug-likeness (QED) is 0.502. The van der Waals surface area contributed by atoms with E-state index in [0.717, 1.165) is 22.6 Å². The minimum absolute atomic E-state index is 0.00917. The molecule has 32 heavy (non-hydrogen) atoms. The highest BCUT2D eigenvalue weighted by Gasteiger charge is 2.26. The fraction of sp³-hybridized carbons (Fsp3) is 0.227. The summed E-state index contributed by atoms with van der Waals surface area (Å²) in [6, 6.07) is 12.4. The number of aromatic amines is 1. The summed E-state index contributed by atoms with van der Waals surface area (Å²) in [5.41, 5.74) is 5.29. The summed E-state index contributed by atoms with van der Waals surface area (Å²) >= 11 is 6.08. The van der Waals surface area contributed by atoms with Crippen molar-refractivity contribution in [2.24, 2.45) is 0 Å². The molecule has 3 rings (SSSR count). The fourth-order valence-electron chi connectivity index (χ4n) is 3.25. The number of rotatable bonds is 8. The second-order valence-corrected chi connectivity index (χ2v) is 7.40. The maximum absolute atomic E-state index is 13.5. The lowest BCUT2D eigenvalue weighted by molar-refractivity contribution is 0.0983. The molecule has 1 aromatic heterocycles. The number of benzene rings is 2. The minimum Gasteiger partial charge on any atom is -0.385 e. The van der Waals surface area contributed by atoms with Gasteiger partial charge in [0.15, 0.2) is 5.69 Å². The number of halogens is 2. The van der Waals surface area contributed by atoms with Gasteiger partial charge in [0.2, 0.25) is 0 Å². The third-order valence-electron chi connectivity index (χ3n) is 4.80. The number of ether oxygens (including phenoxy) is 1. The van der Waals surface area contributed by atoms with E-state index in [1.54, 1.807) is 24.3 Å². The van der Waals surface area contributed by atoms with Crippen molar-refractivity contribution in [2.45, 2.75) is 13.0 Å². The van der Waals surface area contributed by atoms with Crippen molar-refractivity contribution in [3.63, 3.8) is 0 Å². The largest absolute Gasteiger partial charge is 0.385 e. The summed E-state index contributed by atoms with van der Waals surface area (Å²) < 4.78 is 19.7. The van der Waals surface area contributed by atoms with Crippen molar-refractivity contribution in [1.29, 1.82) is 0 Å². The van der Waals surface area contributed by atoms with Crippen molar-refractivity contribution in [3.05, 3.63) is 91.3 Å². The molecule has 0 aliphatic heterocycles. The molecule has 8 nitrogen and oxygen atoms in total. The van der Waals surface area contributed by atoms with E-state index in [1.165, 1.54) is 17.7 Å². The fourth-order valence-corrected chi connectivity index (χ4v) is 3.50. The molecule has 2 aromatic carbocycles. The molecule has 1 amide bonds. The standard InChI is InChI=1S/C22H22ClFN4O4/c1-32-11-5-10-27(21(30)16-9-8-15(24)12-17(16)23)18-19(25)28(22(31)26-20(18)29)13-14-6-3-2-4-7-14/h2-4,6-9,12H,5,10-11,13,25H2,1H3,(H,26,29,31). The normalized spacial score (nSPS) is 10.8. The van der Waals surface area contributed by atoms with Crippen LogP contribution >= 0.6 is 11.6 Å². The zero-order valence-corrected chi connectivity index (χ0v) is 18.1. The highest BCUT2D eigenvalue weighted by Crippen LogP contribution is 2.24. The lowest BCUT2D eigenvalue weighted by Crippen LogP contribution is -2.42. The van der Waals surface area contributed by atoms with Gasteiger partial charge in [0, 0.05) is 20.3 Å². The summed E-state index contributed by atoms with van der Waals surface area (Å²) in [7, 11) is 1.50. The van der Waals surface area contributed by atoms with Gasteiger partial charge >= 0.3 is 5.69 Å². The van der Waals surface area contributed by atoms with Gasteiger partial charge in [-0.15, -0.1) is 0 Å². The van der Waals surface area contributed by atoms with Crippen molar-refractivity contribution in [2.75, 3.05) is 30.9 Å². The van der Waals surface area contributed by atoms with Gasteiger partial charge < -0.3 is 15.4 Å². The molecule has 0 fully saturated rings. The molecule has 0 radical (unpaired) electrons. The number of methoxy groups -OCH3 is 1. The Morgan fingerprint density at radius 2 is 1.94 bits per heavy atom. The van der Waals surface area contributed by atoms with Crippen LogP contribution in [0.1, 0.15) is 22.3 Å². The van der Waals surface area contributed by atoms with E-state index in [4.69, 9.17) is 22.1 Å². The summed E-state index contributed by atoms with van der Waals surface area (Å²) in [6.07, 6.45) is 0.373. The molecule has 3 N–H and O–H groups in total. The molecular weight excluding hydrogens is 439 g/mol. The molecule has 0 saturated heterocycles. The first-order valence-corrected chi connectivity index (χ1v) is 10.1. The maximum Gasteiger partial charge on any atom is 0.330 e. The van der Waals surface area contributed by atoms with E-state index in [1.807, 2.05) is 6.07 Å². The van der Waals surface area contributed by atoms with Crippen molar-refractivity contribution < 1.29 is 13.9 Å². The van der Waals surface area contributed by atoms with Crippen molar-refractivity contribution >= 4 is 29.0 Å². The first-order valence-electron chi connectivity index (χ1n) is 9.76. The first-order chi connectivity index (χ1) is 15.3. The number of nitrogens with two attached hydrogens (primary N) is 1. The summed E-state index contributed by atoms with van der Waals surface area (Å²) in [6.45, 7) is 0.451. The molecule has 168 valence electrons. The van der Waals surface area contributed by atoms with Crippen LogP contribution in [-0.4, -0.2) is 35.7 Å². The van der Waals surface area contributed by atoms with E-state index in [9.17, 15) is 18.8 Å². The van der Waals surface area contributed by atoms with Gasteiger partial charge in [-0.2, -0.15) is 0 Å². The highest BCUT2D eigenvalue weighted by molar-refractivity contribution is 6.34. The molecule has 10 heteroatoms.